The van der Waals surface area contributed by atoms with Crippen LogP contribution in [0, 0.1) is 10.1 Å². The molecule has 2 aromatic rings. The van der Waals surface area contributed by atoms with Crippen LogP contribution in [0.15, 0.2) is 53.4 Å². The second-order valence-electron chi connectivity index (χ2n) is 7.03. The van der Waals surface area contributed by atoms with Crippen LogP contribution in [-0.4, -0.2) is 60.5 Å². The van der Waals surface area contributed by atoms with Gasteiger partial charge in [-0.1, -0.05) is 12.1 Å². The summed E-state index contributed by atoms with van der Waals surface area (Å²) in [5.41, 5.74) is 0.607. The van der Waals surface area contributed by atoms with Crippen molar-refractivity contribution in [1.82, 2.24) is 4.31 Å². The highest BCUT2D eigenvalue weighted by Gasteiger charge is 2.44. The third kappa shape index (κ3) is 4.93. The molecule has 2 aromatic carbocycles. The Morgan fingerprint density at radius 2 is 1.78 bits per heavy atom. The van der Waals surface area contributed by atoms with E-state index >= 15 is 0 Å². The van der Waals surface area contributed by atoms with Crippen LogP contribution < -0.4 is 0 Å². The Balaban J connectivity index is 1.72. The van der Waals surface area contributed by atoms with E-state index < -0.39 is 39.0 Å². The number of aliphatic hydroxyl groups excluding tert-OH is 1. The Labute approximate surface area is 183 Å². The van der Waals surface area contributed by atoms with Gasteiger partial charge in [0.15, 0.2) is 0 Å². The number of carbonyl (C=O) groups is 2. The van der Waals surface area contributed by atoms with Gasteiger partial charge < -0.3 is 14.6 Å². The Hall–Kier alpha value is -3.35. The highest BCUT2D eigenvalue weighted by Crippen LogP contribution is 2.28. The average molecular weight is 464 g/mol. The van der Waals surface area contributed by atoms with Crippen LogP contribution in [0.4, 0.5) is 5.69 Å². The lowest BCUT2D eigenvalue weighted by molar-refractivity contribution is -0.384. The number of non-ortho nitro benzene ring substituents is 1. The molecular formula is C20H20N2O9S. The van der Waals surface area contributed by atoms with Gasteiger partial charge in [0, 0.05) is 25.1 Å². The first-order valence-corrected chi connectivity index (χ1v) is 10.9. The molecule has 12 heteroatoms. The molecule has 1 N–H and O–H groups in total. The molecule has 0 radical (unpaired) electrons. The third-order valence-corrected chi connectivity index (χ3v) is 6.80. The lowest BCUT2D eigenvalue weighted by Crippen LogP contribution is -2.41. The van der Waals surface area contributed by atoms with Crippen molar-refractivity contribution in [3.63, 3.8) is 0 Å². The van der Waals surface area contributed by atoms with Gasteiger partial charge in [-0.15, -0.1) is 0 Å². The van der Waals surface area contributed by atoms with Gasteiger partial charge in [0.05, 0.1) is 28.6 Å². The first kappa shape index (κ1) is 23.3. The van der Waals surface area contributed by atoms with E-state index in [1.54, 1.807) is 12.1 Å². The predicted octanol–water partition coefficient (Wildman–Crippen LogP) is 1.25. The summed E-state index contributed by atoms with van der Waals surface area (Å²) in [5.74, 6) is -1.36. The molecular weight excluding hydrogens is 444 g/mol. The smallest absolute Gasteiger partial charge is 0.337 e. The minimum Gasteiger partial charge on any atom is -0.465 e. The Kier molecular flexibility index (Phi) is 6.87. The van der Waals surface area contributed by atoms with E-state index in [-0.39, 0.29) is 30.2 Å². The second-order valence-corrected chi connectivity index (χ2v) is 8.92. The second kappa shape index (κ2) is 9.42. The summed E-state index contributed by atoms with van der Waals surface area (Å²) in [4.78, 5) is 34.0. The molecule has 1 saturated heterocycles. The fourth-order valence-corrected chi connectivity index (χ4v) is 4.87. The highest BCUT2D eigenvalue weighted by atomic mass is 32.2. The summed E-state index contributed by atoms with van der Waals surface area (Å²) in [6.07, 6.45) is -1.22. The van der Waals surface area contributed by atoms with Crippen LogP contribution in [0.3, 0.4) is 0 Å². The molecule has 0 unspecified atom stereocenters. The quantitative estimate of drug-likeness (QED) is 0.362. The molecule has 32 heavy (non-hydrogen) atoms. The number of sulfonamides is 1. The van der Waals surface area contributed by atoms with Gasteiger partial charge in [-0.3, -0.25) is 14.9 Å². The first-order chi connectivity index (χ1) is 15.1. The summed E-state index contributed by atoms with van der Waals surface area (Å²) in [6.45, 7) is -0.481. The van der Waals surface area contributed by atoms with E-state index in [4.69, 9.17) is 4.74 Å². The molecule has 1 aliphatic heterocycles. The minimum absolute atomic E-state index is 0.147. The lowest BCUT2D eigenvalue weighted by atomic mass is 10.1. The van der Waals surface area contributed by atoms with Gasteiger partial charge in [0.2, 0.25) is 10.0 Å². The third-order valence-electron chi connectivity index (χ3n) is 4.92. The summed E-state index contributed by atoms with van der Waals surface area (Å²) in [5, 5.41) is 20.8. The van der Waals surface area contributed by atoms with E-state index in [1.165, 1.54) is 19.2 Å². The highest BCUT2D eigenvalue weighted by molar-refractivity contribution is 7.89. The molecule has 0 saturated carbocycles. The summed E-state index contributed by atoms with van der Waals surface area (Å²) < 4.78 is 36.6. The Morgan fingerprint density at radius 1 is 1.16 bits per heavy atom. The van der Waals surface area contributed by atoms with E-state index in [2.05, 4.69) is 4.74 Å². The van der Waals surface area contributed by atoms with Gasteiger partial charge in [-0.05, 0) is 29.8 Å². The number of carbonyl (C=O) groups excluding carboxylic acids is 2. The number of methoxy groups -OCH3 is 1. The van der Waals surface area contributed by atoms with E-state index in [0.717, 1.165) is 28.6 Å². The Bertz CT molecular complexity index is 1110. The number of ether oxygens (including phenoxy) is 2. The maximum atomic E-state index is 13.0. The SMILES string of the molecule is COC(=O)c1ccc(COC(=O)[C@@H]2C[C@H](O)CN2S(=O)(=O)c2ccc([N+](=O)[O-])cc2)cc1. The molecule has 0 aliphatic carbocycles. The number of hydrogen-bond acceptors (Lipinski definition) is 9. The molecule has 11 nitrogen and oxygen atoms in total. The summed E-state index contributed by atoms with van der Waals surface area (Å²) in [6, 6.07) is 9.12. The van der Waals surface area contributed by atoms with E-state index in [1.807, 2.05) is 0 Å². The predicted molar refractivity (Wildman–Crippen MR) is 109 cm³/mol. The number of nitrogens with zero attached hydrogens (tertiary/aromatic N) is 2. The lowest BCUT2D eigenvalue weighted by Gasteiger charge is -2.22. The van der Waals surface area contributed by atoms with Crippen molar-refractivity contribution >= 4 is 27.6 Å². The van der Waals surface area contributed by atoms with Crippen molar-refractivity contribution < 1.29 is 37.5 Å². The summed E-state index contributed by atoms with van der Waals surface area (Å²) in [7, 11) is -2.96. The van der Waals surface area contributed by atoms with E-state index in [9.17, 15) is 33.2 Å². The van der Waals surface area contributed by atoms with Crippen LogP contribution in [-0.2, 0) is 30.9 Å². The zero-order chi connectivity index (χ0) is 23.5. The van der Waals surface area contributed by atoms with Crippen LogP contribution >= 0.6 is 0 Å². The molecule has 3 rings (SSSR count). The van der Waals surface area contributed by atoms with Gasteiger partial charge in [-0.2, -0.15) is 4.31 Å². The van der Waals surface area contributed by atoms with Crippen LogP contribution in [0.1, 0.15) is 22.3 Å². The van der Waals surface area contributed by atoms with Crippen LogP contribution in [0.2, 0.25) is 0 Å². The number of benzene rings is 2. The number of β-amino-alcohol motifs (C(OH)–C–C–N with tert-alkyl or cyclic N) is 1. The van der Waals surface area contributed by atoms with Crippen molar-refractivity contribution in [2.24, 2.45) is 0 Å². The van der Waals surface area contributed by atoms with Crippen molar-refractivity contribution in [2.75, 3.05) is 13.7 Å². The zero-order valence-corrected chi connectivity index (χ0v) is 17.7. The average Bonchev–Trinajstić information content (AvgIpc) is 3.20. The van der Waals surface area contributed by atoms with Crippen molar-refractivity contribution in [1.29, 1.82) is 0 Å². The monoisotopic (exact) mass is 464 g/mol. The van der Waals surface area contributed by atoms with Crippen molar-refractivity contribution in [2.45, 2.75) is 30.1 Å². The normalized spacial score (nSPS) is 18.8. The molecule has 1 heterocycles. The number of aliphatic hydroxyl groups is 1. The van der Waals surface area contributed by atoms with Gasteiger partial charge >= 0.3 is 11.9 Å². The molecule has 1 aliphatic rings. The molecule has 170 valence electrons. The maximum Gasteiger partial charge on any atom is 0.337 e. The van der Waals surface area contributed by atoms with Gasteiger partial charge in [-0.25, -0.2) is 13.2 Å². The molecule has 1 fully saturated rings. The van der Waals surface area contributed by atoms with Crippen molar-refractivity contribution in [3.05, 3.63) is 69.8 Å². The zero-order valence-electron chi connectivity index (χ0n) is 16.9. The molecule has 0 bridgehead atoms. The van der Waals surface area contributed by atoms with Crippen molar-refractivity contribution in [3.8, 4) is 0 Å². The van der Waals surface area contributed by atoms with Gasteiger partial charge in [0.25, 0.3) is 5.69 Å². The fraction of sp³-hybridized carbons (Fsp3) is 0.300. The van der Waals surface area contributed by atoms with E-state index in [0.29, 0.717) is 11.1 Å². The first-order valence-electron chi connectivity index (χ1n) is 9.41. The molecule has 0 spiro atoms. The largest absolute Gasteiger partial charge is 0.465 e. The number of esters is 2. The minimum atomic E-state index is -4.21. The molecule has 2 atom stereocenters. The maximum absolute atomic E-state index is 13.0. The number of hydrogen-bond donors (Lipinski definition) is 1. The number of rotatable bonds is 7. The summed E-state index contributed by atoms with van der Waals surface area (Å²) >= 11 is 0. The topological polar surface area (TPSA) is 153 Å². The fourth-order valence-electron chi connectivity index (χ4n) is 3.24. The standard InChI is InChI=1S/C20H20N2O9S/c1-30-19(24)14-4-2-13(3-5-14)12-31-20(25)18-10-16(23)11-21(18)32(28,29)17-8-6-15(7-9-17)22(26)27/h2-9,16,18,23H,10-12H2,1H3/t16-,18-/m0/s1. The van der Waals surface area contributed by atoms with Crippen LogP contribution in [0.5, 0.6) is 0 Å². The molecule has 0 aromatic heterocycles. The Morgan fingerprint density at radius 3 is 2.34 bits per heavy atom. The van der Waals surface area contributed by atoms with Crippen LogP contribution in [0.25, 0.3) is 0 Å². The van der Waals surface area contributed by atoms with Gasteiger partial charge in [0.1, 0.15) is 12.6 Å². The molecule has 0 amide bonds. The number of nitro benzene ring substituents is 1. The number of nitro groups is 1.